The van der Waals surface area contributed by atoms with Crippen LogP contribution in [0.5, 0.6) is 0 Å². The summed E-state index contributed by atoms with van der Waals surface area (Å²) in [6.07, 6.45) is 1.03. The van der Waals surface area contributed by atoms with Gasteiger partial charge in [0.2, 0.25) is 11.8 Å². The van der Waals surface area contributed by atoms with Crippen LogP contribution in [0.3, 0.4) is 0 Å². The second kappa shape index (κ2) is 6.20. The molecule has 2 amide bonds. The van der Waals surface area contributed by atoms with Crippen molar-refractivity contribution in [3.8, 4) is 0 Å². The molecule has 1 heterocycles. The maximum absolute atomic E-state index is 12.5. The first-order chi connectivity index (χ1) is 11.3. The van der Waals surface area contributed by atoms with E-state index in [9.17, 15) is 18.0 Å². The Labute approximate surface area is 142 Å². The molecule has 0 radical (unpaired) electrons. The number of benzene rings is 1. The summed E-state index contributed by atoms with van der Waals surface area (Å²) >= 11 is 0. The average molecular weight is 350 g/mol. The standard InChI is InChI=1S/C17H22N2O4S/c1-18(12-6-4-3-5-7-12)16(20)14-10-15(14)17(21)19(2)13-8-9-24(22,23)11-13/h3-7,13-15H,8-11H2,1-2H3. The van der Waals surface area contributed by atoms with Crippen molar-refractivity contribution in [3.63, 3.8) is 0 Å². The van der Waals surface area contributed by atoms with Gasteiger partial charge in [-0.05, 0) is 25.0 Å². The fraction of sp³-hybridized carbons (Fsp3) is 0.529. The van der Waals surface area contributed by atoms with Crippen molar-refractivity contribution in [2.24, 2.45) is 11.8 Å². The van der Waals surface area contributed by atoms with E-state index in [0.717, 1.165) is 5.69 Å². The summed E-state index contributed by atoms with van der Waals surface area (Å²) in [7, 11) is 0.333. The van der Waals surface area contributed by atoms with E-state index in [2.05, 4.69) is 0 Å². The summed E-state index contributed by atoms with van der Waals surface area (Å²) < 4.78 is 23.1. The third-order valence-electron chi connectivity index (χ3n) is 5.00. The molecule has 0 N–H and O–H groups in total. The quantitative estimate of drug-likeness (QED) is 0.810. The molecule has 3 atom stereocenters. The van der Waals surface area contributed by atoms with E-state index in [0.29, 0.717) is 12.8 Å². The van der Waals surface area contributed by atoms with Crippen LogP contribution in [0.1, 0.15) is 12.8 Å². The fourth-order valence-corrected chi connectivity index (χ4v) is 5.07. The molecule has 2 fully saturated rings. The first kappa shape index (κ1) is 17.0. The molecular formula is C17H22N2O4S. The lowest BCUT2D eigenvalue weighted by atomic mass is 10.2. The molecule has 0 bridgehead atoms. The van der Waals surface area contributed by atoms with E-state index < -0.39 is 9.84 Å². The predicted molar refractivity (Wildman–Crippen MR) is 91.3 cm³/mol. The van der Waals surface area contributed by atoms with Gasteiger partial charge in [0.25, 0.3) is 0 Å². The monoisotopic (exact) mass is 350 g/mol. The Morgan fingerprint density at radius 1 is 1.04 bits per heavy atom. The van der Waals surface area contributed by atoms with Crippen LogP contribution in [0.4, 0.5) is 5.69 Å². The number of amides is 2. The minimum Gasteiger partial charge on any atom is -0.341 e. The van der Waals surface area contributed by atoms with Crippen molar-refractivity contribution in [3.05, 3.63) is 30.3 Å². The lowest BCUT2D eigenvalue weighted by Gasteiger charge is -2.24. The van der Waals surface area contributed by atoms with E-state index in [1.54, 1.807) is 19.0 Å². The molecule has 130 valence electrons. The van der Waals surface area contributed by atoms with Gasteiger partial charge >= 0.3 is 0 Å². The van der Waals surface area contributed by atoms with Gasteiger partial charge < -0.3 is 9.80 Å². The molecule has 1 saturated carbocycles. The molecule has 1 aliphatic carbocycles. The van der Waals surface area contributed by atoms with Gasteiger partial charge in [0.1, 0.15) is 0 Å². The number of carbonyl (C=O) groups excluding carboxylic acids is 2. The van der Waals surface area contributed by atoms with Crippen molar-refractivity contribution in [1.29, 1.82) is 0 Å². The van der Waals surface area contributed by atoms with Crippen LogP contribution in [0.15, 0.2) is 30.3 Å². The number of para-hydroxylation sites is 1. The van der Waals surface area contributed by atoms with Crippen LogP contribution in [0.2, 0.25) is 0 Å². The summed E-state index contributed by atoms with van der Waals surface area (Å²) in [5.74, 6) is -0.632. The largest absolute Gasteiger partial charge is 0.341 e. The Balaban J connectivity index is 1.60. The van der Waals surface area contributed by atoms with Crippen LogP contribution in [0.25, 0.3) is 0 Å². The number of rotatable bonds is 4. The van der Waals surface area contributed by atoms with Gasteiger partial charge in [-0.3, -0.25) is 9.59 Å². The SMILES string of the molecule is CN(C(=O)C1CC1C(=O)N(C)C1CCS(=O)(=O)C1)c1ccccc1. The van der Waals surface area contributed by atoms with Crippen LogP contribution < -0.4 is 4.90 Å². The molecule has 0 spiro atoms. The molecular weight excluding hydrogens is 328 g/mol. The normalized spacial score (nSPS) is 27.5. The predicted octanol–water partition coefficient (Wildman–Crippen LogP) is 0.931. The smallest absolute Gasteiger partial charge is 0.230 e. The van der Waals surface area contributed by atoms with Gasteiger partial charge in [0.05, 0.1) is 23.3 Å². The second-order valence-electron chi connectivity index (χ2n) is 6.69. The summed E-state index contributed by atoms with van der Waals surface area (Å²) in [5.41, 5.74) is 0.802. The lowest BCUT2D eigenvalue weighted by Crippen LogP contribution is -2.40. The number of nitrogens with zero attached hydrogens (tertiary/aromatic N) is 2. The molecule has 3 rings (SSSR count). The highest BCUT2D eigenvalue weighted by Crippen LogP contribution is 2.42. The van der Waals surface area contributed by atoms with Gasteiger partial charge in [0.15, 0.2) is 9.84 Å². The van der Waals surface area contributed by atoms with Crippen molar-refractivity contribution < 1.29 is 18.0 Å². The maximum atomic E-state index is 12.5. The molecule has 3 unspecified atom stereocenters. The summed E-state index contributed by atoms with van der Waals surface area (Å²) in [5, 5.41) is 0. The molecule has 24 heavy (non-hydrogen) atoms. The first-order valence-electron chi connectivity index (χ1n) is 8.10. The van der Waals surface area contributed by atoms with E-state index in [4.69, 9.17) is 0 Å². The van der Waals surface area contributed by atoms with Crippen molar-refractivity contribution >= 4 is 27.3 Å². The molecule has 2 aliphatic rings. The summed E-state index contributed by atoms with van der Waals surface area (Å²) in [6, 6.07) is 9.06. The van der Waals surface area contributed by atoms with Gasteiger partial charge in [-0.1, -0.05) is 18.2 Å². The second-order valence-corrected chi connectivity index (χ2v) is 8.92. The molecule has 1 saturated heterocycles. The Morgan fingerprint density at radius 3 is 2.25 bits per heavy atom. The Bertz CT molecular complexity index is 747. The van der Waals surface area contributed by atoms with Gasteiger partial charge in [-0.15, -0.1) is 0 Å². The van der Waals surface area contributed by atoms with Gasteiger partial charge in [-0.25, -0.2) is 8.42 Å². The van der Waals surface area contributed by atoms with Gasteiger partial charge in [0, 0.05) is 25.8 Å². The van der Waals surface area contributed by atoms with Gasteiger partial charge in [-0.2, -0.15) is 0 Å². The molecule has 1 aromatic carbocycles. The topological polar surface area (TPSA) is 74.8 Å². The molecule has 6 nitrogen and oxygen atoms in total. The zero-order chi connectivity index (χ0) is 17.5. The zero-order valence-electron chi connectivity index (χ0n) is 13.9. The summed E-state index contributed by atoms with van der Waals surface area (Å²) in [4.78, 5) is 28.2. The summed E-state index contributed by atoms with van der Waals surface area (Å²) in [6.45, 7) is 0. The van der Waals surface area contributed by atoms with Crippen molar-refractivity contribution in [1.82, 2.24) is 4.90 Å². The average Bonchev–Trinajstić information content (AvgIpc) is 3.29. The third-order valence-corrected chi connectivity index (χ3v) is 6.75. The minimum absolute atomic E-state index is 0.0322. The van der Waals surface area contributed by atoms with Crippen LogP contribution >= 0.6 is 0 Å². The number of hydrogen-bond donors (Lipinski definition) is 0. The highest BCUT2D eigenvalue weighted by molar-refractivity contribution is 7.91. The van der Waals surface area contributed by atoms with Crippen LogP contribution in [-0.2, 0) is 19.4 Å². The molecule has 0 aromatic heterocycles. The van der Waals surface area contributed by atoms with E-state index >= 15 is 0 Å². The molecule has 7 heteroatoms. The Hall–Kier alpha value is -1.89. The number of hydrogen-bond acceptors (Lipinski definition) is 4. The third kappa shape index (κ3) is 3.31. The fourth-order valence-electron chi connectivity index (χ4n) is 3.29. The van der Waals surface area contributed by atoms with Crippen molar-refractivity contribution in [2.75, 3.05) is 30.5 Å². The lowest BCUT2D eigenvalue weighted by molar-refractivity contribution is -0.134. The van der Waals surface area contributed by atoms with E-state index in [-0.39, 0.29) is 41.2 Å². The maximum Gasteiger partial charge on any atom is 0.230 e. The Kier molecular flexibility index (Phi) is 4.38. The zero-order valence-corrected chi connectivity index (χ0v) is 14.7. The number of carbonyl (C=O) groups is 2. The Morgan fingerprint density at radius 2 is 1.67 bits per heavy atom. The molecule has 1 aromatic rings. The number of anilines is 1. The minimum atomic E-state index is -3.03. The van der Waals surface area contributed by atoms with E-state index in [1.165, 1.54) is 4.90 Å². The molecule has 1 aliphatic heterocycles. The highest BCUT2D eigenvalue weighted by atomic mass is 32.2. The van der Waals surface area contributed by atoms with Crippen LogP contribution in [-0.4, -0.2) is 56.8 Å². The number of sulfone groups is 1. The first-order valence-corrected chi connectivity index (χ1v) is 9.92. The highest BCUT2D eigenvalue weighted by Gasteiger charge is 2.51. The van der Waals surface area contributed by atoms with Crippen molar-refractivity contribution in [2.45, 2.75) is 18.9 Å². The van der Waals surface area contributed by atoms with Crippen LogP contribution in [0, 0.1) is 11.8 Å². The van der Waals surface area contributed by atoms with E-state index in [1.807, 2.05) is 30.3 Å².